The molecule has 2 nitrogen and oxygen atoms in total. The maximum atomic E-state index is 13.1. The summed E-state index contributed by atoms with van der Waals surface area (Å²) in [5.41, 5.74) is 4.69. The van der Waals surface area contributed by atoms with E-state index in [1.54, 1.807) is 47.8 Å². The lowest BCUT2D eigenvalue weighted by atomic mass is 10.2. The molecule has 0 heterocycles. The van der Waals surface area contributed by atoms with Gasteiger partial charge in [-0.25, -0.2) is 8.42 Å². The van der Waals surface area contributed by atoms with Gasteiger partial charge in [-0.15, -0.1) is 23.5 Å². The fourth-order valence-corrected chi connectivity index (χ4v) is 6.24. The molecule has 0 aliphatic heterocycles. The molecule has 0 aliphatic rings. The minimum Gasteiger partial charge on any atom is -0.219 e. The van der Waals surface area contributed by atoms with Crippen LogP contribution in [0.15, 0.2) is 117 Å². The van der Waals surface area contributed by atoms with Crippen LogP contribution in [0.2, 0.25) is 0 Å². The monoisotopic (exact) mass is 490 g/mol. The van der Waals surface area contributed by atoms with Crippen molar-refractivity contribution in [3.63, 3.8) is 0 Å². The Hall–Kier alpha value is -2.47. The first-order valence-electron chi connectivity index (χ1n) is 10.7. The van der Waals surface area contributed by atoms with Gasteiger partial charge in [0, 0.05) is 21.3 Å². The number of rotatable bonds is 8. The molecule has 0 atom stereocenters. The van der Waals surface area contributed by atoms with Crippen LogP contribution in [0.25, 0.3) is 0 Å². The SMILES string of the molecule is Cc1ccc(SCc2ccc(S(=O)(=O)c3ccc(CSc4ccc(C)cc4)cc3)cc2)cc1. The van der Waals surface area contributed by atoms with Crippen molar-refractivity contribution in [1.82, 2.24) is 0 Å². The van der Waals surface area contributed by atoms with E-state index in [0.717, 1.165) is 22.6 Å². The standard InChI is InChI=1S/C28H26O2S3/c1-21-3-11-25(12-4-21)31-19-23-7-15-27(16-8-23)33(29,30)28-17-9-24(10-18-28)20-32-26-13-5-22(2)6-14-26/h3-18H,19-20H2,1-2H3. The third kappa shape index (κ3) is 6.32. The number of sulfone groups is 1. The highest BCUT2D eigenvalue weighted by atomic mass is 32.2. The summed E-state index contributed by atoms with van der Waals surface area (Å²) in [5.74, 6) is 1.60. The molecule has 0 fully saturated rings. The molecule has 0 radical (unpaired) electrons. The van der Waals surface area contributed by atoms with E-state index < -0.39 is 9.84 Å². The zero-order chi connectivity index (χ0) is 23.3. The van der Waals surface area contributed by atoms with Crippen LogP contribution >= 0.6 is 23.5 Å². The molecule has 4 aromatic rings. The van der Waals surface area contributed by atoms with Crippen LogP contribution in [-0.2, 0) is 21.3 Å². The third-order valence-electron chi connectivity index (χ3n) is 5.32. The van der Waals surface area contributed by atoms with Crippen molar-refractivity contribution in [2.45, 2.75) is 44.9 Å². The number of aryl methyl sites for hydroxylation is 2. The van der Waals surface area contributed by atoms with Gasteiger partial charge in [-0.1, -0.05) is 59.7 Å². The predicted molar refractivity (Wildman–Crippen MR) is 140 cm³/mol. The highest BCUT2D eigenvalue weighted by Gasteiger charge is 2.17. The Bertz CT molecular complexity index is 1190. The summed E-state index contributed by atoms with van der Waals surface area (Å²) in [4.78, 5) is 3.07. The average molecular weight is 491 g/mol. The predicted octanol–water partition coefficient (Wildman–Crippen LogP) is 7.72. The minimum atomic E-state index is -3.53. The number of thioether (sulfide) groups is 2. The van der Waals surface area contributed by atoms with Gasteiger partial charge in [0.15, 0.2) is 0 Å². The van der Waals surface area contributed by atoms with Gasteiger partial charge >= 0.3 is 0 Å². The van der Waals surface area contributed by atoms with Gasteiger partial charge in [-0.3, -0.25) is 0 Å². The van der Waals surface area contributed by atoms with Crippen molar-refractivity contribution < 1.29 is 8.42 Å². The first-order chi connectivity index (χ1) is 15.9. The van der Waals surface area contributed by atoms with Crippen molar-refractivity contribution in [2.24, 2.45) is 0 Å². The van der Waals surface area contributed by atoms with Gasteiger partial charge in [-0.2, -0.15) is 0 Å². The van der Waals surface area contributed by atoms with Gasteiger partial charge in [0.25, 0.3) is 0 Å². The van der Waals surface area contributed by atoms with E-state index >= 15 is 0 Å². The van der Waals surface area contributed by atoms with E-state index in [1.165, 1.54) is 20.9 Å². The van der Waals surface area contributed by atoms with Gasteiger partial charge in [0.2, 0.25) is 9.84 Å². The summed E-state index contributed by atoms with van der Waals surface area (Å²) in [7, 11) is -3.53. The molecule has 0 bridgehead atoms. The lowest BCUT2D eigenvalue weighted by molar-refractivity contribution is 0.596. The van der Waals surface area contributed by atoms with Crippen LogP contribution in [-0.4, -0.2) is 8.42 Å². The number of benzene rings is 4. The Kier molecular flexibility index (Phi) is 7.63. The van der Waals surface area contributed by atoms with Gasteiger partial charge in [-0.05, 0) is 73.5 Å². The summed E-state index contributed by atoms with van der Waals surface area (Å²) in [6.45, 7) is 4.15. The number of hydrogen-bond acceptors (Lipinski definition) is 4. The third-order valence-corrected chi connectivity index (χ3v) is 9.27. The van der Waals surface area contributed by atoms with E-state index in [0.29, 0.717) is 9.79 Å². The van der Waals surface area contributed by atoms with E-state index in [2.05, 4.69) is 62.4 Å². The Labute approximate surface area is 205 Å². The van der Waals surface area contributed by atoms with Crippen LogP contribution in [0.5, 0.6) is 0 Å². The first-order valence-corrected chi connectivity index (χ1v) is 14.2. The second-order valence-electron chi connectivity index (χ2n) is 7.99. The van der Waals surface area contributed by atoms with Gasteiger partial charge < -0.3 is 0 Å². The summed E-state index contributed by atoms with van der Waals surface area (Å²) < 4.78 is 26.1. The van der Waals surface area contributed by atoms with Crippen molar-refractivity contribution >= 4 is 33.4 Å². The maximum absolute atomic E-state index is 13.1. The quantitative estimate of drug-likeness (QED) is 0.237. The zero-order valence-corrected chi connectivity index (χ0v) is 21.1. The lowest BCUT2D eigenvalue weighted by Crippen LogP contribution is -2.02. The molecule has 0 amide bonds. The molecule has 4 aromatic carbocycles. The fourth-order valence-electron chi connectivity index (χ4n) is 3.27. The van der Waals surface area contributed by atoms with E-state index in [4.69, 9.17) is 0 Å². The van der Waals surface area contributed by atoms with Crippen LogP contribution in [0.4, 0.5) is 0 Å². The first kappa shape index (κ1) is 23.7. The summed E-state index contributed by atoms with van der Waals surface area (Å²) in [6.07, 6.45) is 0. The fraction of sp³-hybridized carbons (Fsp3) is 0.143. The normalized spacial score (nSPS) is 11.5. The Morgan fingerprint density at radius 1 is 0.515 bits per heavy atom. The smallest absolute Gasteiger partial charge is 0.206 e. The average Bonchev–Trinajstić information content (AvgIpc) is 2.84. The molecule has 168 valence electrons. The van der Waals surface area contributed by atoms with Crippen LogP contribution in [0.1, 0.15) is 22.3 Å². The van der Waals surface area contributed by atoms with E-state index in [9.17, 15) is 8.42 Å². The van der Waals surface area contributed by atoms with Crippen LogP contribution in [0.3, 0.4) is 0 Å². The molecule has 0 aromatic heterocycles. The van der Waals surface area contributed by atoms with Crippen LogP contribution < -0.4 is 0 Å². The van der Waals surface area contributed by atoms with Gasteiger partial charge in [0.1, 0.15) is 0 Å². The zero-order valence-electron chi connectivity index (χ0n) is 18.7. The topological polar surface area (TPSA) is 34.1 Å². The molecular formula is C28H26O2S3. The summed E-state index contributed by atoms with van der Waals surface area (Å²) in [5, 5.41) is 0. The molecule has 0 saturated heterocycles. The highest BCUT2D eigenvalue weighted by molar-refractivity contribution is 7.98. The Morgan fingerprint density at radius 2 is 0.848 bits per heavy atom. The number of hydrogen-bond donors (Lipinski definition) is 0. The molecule has 4 rings (SSSR count). The second-order valence-corrected chi connectivity index (χ2v) is 12.0. The molecule has 0 N–H and O–H groups in total. The van der Waals surface area contributed by atoms with Crippen molar-refractivity contribution in [1.29, 1.82) is 0 Å². The van der Waals surface area contributed by atoms with Gasteiger partial charge in [0.05, 0.1) is 9.79 Å². The second kappa shape index (κ2) is 10.6. The molecule has 33 heavy (non-hydrogen) atoms. The minimum absolute atomic E-state index is 0.327. The Morgan fingerprint density at radius 3 is 1.18 bits per heavy atom. The summed E-state index contributed by atoms with van der Waals surface area (Å²) in [6, 6.07) is 31.3. The molecular weight excluding hydrogens is 465 g/mol. The molecule has 0 saturated carbocycles. The van der Waals surface area contributed by atoms with E-state index in [-0.39, 0.29) is 0 Å². The van der Waals surface area contributed by atoms with Crippen molar-refractivity contribution in [2.75, 3.05) is 0 Å². The van der Waals surface area contributed by atoms with Crippen molar-refractivity contribution in [3.8, 4) is 0 Å². The highest BCUT2D eigenvalue weighted by Crippen LogP contribution is 2.27. The Balaban J connectivity index is 1.38. The molecule has 0 unspecified atom stereocenters. The lowest BCUT2D eigenvalue weighted by Gasteiger charge is -2.08. The maximum Gasteiger partial charge on any atom is 0.206 e. The van der Waals surface area contributed by atoms with Crippen LogP contribution in [0, 0.1) is 13.8 Å². The van der Waals surface area contributed by atoms with E-state index in [1.807, 2.05) is 24.3 Å². The molecule has 5 heteroatoms. The van der Waals surface area contributed by atoms with Crippen molar-refractivity contribution in [3.05, 3.63) is 119 Å². The summed E-state index contributed by atoms with van der Waals surface area (Å²) >= 11 is 3.49. The molecule has 0 aliphatic carbocycles. The largest absolute Gasteiger partial charge is 0.219 e. The molecule has 0 spiro atoms.